The molecule has 0 unspecified atom stereocenters. The second-order valence-electron chi connectivity index (χ2n) is 3.37. The van der Waals surface area contributed by atoms with Crippen LogP contribution in [0.5, 0.6) is 0 Å². The molecular formula is C10H12N2OS2. The lowest BCUT2D eigenvalue weighted by Gasteiger charge is -2.09. The van der Waals surface area contributed by atoms with E-state index in [1.165, 1.54) is 20.7 Å². The molecule has 0 aliphatic carbocycles. The third-order valence-corrected chi connectivity index (χ3v) is 4.19. The third kappa shape index (κ3) is 2.19. The highest BCUT2D eigenvalue weighted by molar-refractivity contribution is 7.27. The molecule has 0 aromatic carbocycles. The number of fused-ring (bicyclic) bond motifs is 1. The molecule has 0 saturated heterocycles. The Kier molecular flexibility index (Phi) is 3.04. The predicted octanol–water partition coefficient (Wildman–Crippen LogP) is 2.04. The molecule has 80 valence electrons. The molecule has 2 aromatic heterocycles. The number of amides is 1. The summed E-state index contributed by atoms with van der Waals surface area (Å²) in [4.78, 5) is 12.5. The number of hydrogen-bond acceptors (Lipinski definition) is 4. The summed E-state index contributed by atoms with van der Waals surface area (Å²) in [7, 11) is 0. The normalized spacial score (nSPS) is 12.9. The molecule has 3 N–H and O–H groups in total. The number of hydrogen-bond donors (Lipinski definition) is 2. The van der Waals surface area contributed by atoms with Gasteiger partial charge in [0.2, 0.25) is 0 Å². The maximum Gasteiger partial charge on any atom is 0.261 e. The van der Waals surface area contributed by atoms with E-state index in [0.717, 1.165) is 4.88 Å². The van der Waals surface area contributed by atoms with E-state index in [-0.39, 0.29) is 11.9 Å². The number of rotatable bonds is 3. The molecule has 0 bridgehead atoms. The SMILES string of the molecule is C[C@H](CN)NC(=O)c1cc2sccc2s1. The van der Waals surface area contributed by atoms with E-state index in [1.807, 2.05) is 24.4 Å². The predicted molar refractivity (Wildman–Crippen MR) is 65.7 cm³/mol. The van der Waals surface area contributed by atoms with E-state index in [4.69, 9.17) is 5.73 Å². The highest BCUT2D eigenvalue weighted by Gasteiger charge is 2.12. The molecular weight excluding hydrogens is 228 g/mol. The summed E-state index contributed by atoms with van der Waals surface area (Å²) in [5.74, 6) is -0.0265. The van der Waals surface area contributed by atoms with E-state index in [2.05, 4.69) is 5.32 Å². The van der Waals surface area contributed by atoms with Crippen LogP contribution in [0.2, 0.25) is 0 Å². The Labute approximate surface area is 95.9 Å². The fourth-order valence-electron chi connectivity index (χ4n) is 1.23. The van der Waals surface area contributed by atoms with Gasteiger partial charge in [-0.05, 0) is 24.4 Å². The van der Waals surface area contributed by atoms with E-state index >= 15 is 0 Å². The summed E-state index contributed by atoms with van der Waals surface area (Å²) in [6, 6.07) is 3.99. The van der Waals surface area contributed by atoms with Crippen LogP contribution in [0.15, 0.2) is 17.5 Å². The van der Waals surface area contributed by atoms with Gasteiger partial charge in [-0.25, -0.2) is 0 Å². The zero-order chi connectivity index (χ0) is 10.8. The van der Waals surface area contributed by atoms with Crippen LogP contribution in [0, 0.1) is 0 Å². The van der Waals surface area contributed by atoms with Crippen molar-refractivity contribution in [1.82, 2.24) is 5.32 Å². The fraction of sp³-hybridized carbons (Fsp3) is 0.300. The van der Waals surface area contributed by atoms with Crippen LogP contribution < -0.4 is 11.1 Å². The van der Waals surface area contributed by atoms with Crippen molar-refractivity contribution in [3.05, 3.63) is 22.4 Å². The number of carbonyl (C=O) groups is 1. The lowest BCUT2D eigenvalue weighted by atomic mass is 10.3. The van der Waals surface area contributed by atoms with Crippen molar-refractivity contribution in [1.29, 1.82) is 0 Å². The highest BCUT2D eigenvalue weighted by atomic mass is 32.1. The van der Waals surface area contributed by atoms with Gasteiger partial charge in [-0.1, -0.05) is 0 Å². The van der Waals surface area contributed by atoms with E-state index < -0.39 is 0 Å². The molecule has 0 spiro atoms. The van der Waals surface area contributed by atoms with Crippen molar-refractivity contribution < 1.29 is 4.79 Å². The van der Waals surface area contributed by atoms with Gasteiger partial charge in [0.05, 0.1) is 4.88 Å². The second-order valence-corrected chi connectivity index (χ2v) is 5.40. The number of thiophene rings is 2. The van der Waals surface area contributed by atoms with Crippen LogP contribution in [0.4, 0.5) is 0 Å². The van der Waals surface area contributed by atoms with E-state index in [1.54, 1.807) is 11.3 Å². The summed E-state index contributed by atoms with van der Waals surface area (Å²) in [6.45, 7) is 2.36. The van der Waals surface area contributed by atoms with Gasteiger partial charge in [0.1, 0.15) is 0 Å². The smallest absolute Gasteiger partial charge is 0.261 e. The summed E-state index contributed by atoms with van der Waals surface area (Å²) in [6.07, 6.45) is 0. The summed E-state index contributed by atoms with van der Waals surface area (Å²) < 4.78 is 2.34. The molecule has 0 saturated carbocycles. The molecule has 15 heavy (non-hydrogen) atoms. The molecule has 2 rings (SSSR count). The Balaban J connectivity index is 2.17. The molecule has 0 radical (unpaired) electrons. The Hall–Kier alpha value is -0.910. The zero-order valence-electron chi connectivity index (χ0n) is 8.32. The van der Waals surface area contributed by atoms with Crippen molar-refractivity contribution in [3.8, 4) is 0 Å². The number of carbonyl (C=O) groups excluding carboxylic acids is 1. The van der Waals surface area contributed by atoms with Crippen molar-refractivity contribution >= 4 is 38.0 Å². The van der Waals surface area contributed by atoms with Crippen LogP contribution in [0.3, 0.4) is 0 Å². The molecule has 5 heteroatoms. The van der Waals surface area contributed by atoms with Crippen LogP contribution in [-0.4, -0.2) is 18.5 Å². The minimum atomic E-state index is -0.0265. The molecule has 2 aromatic rings. The van der Waals surface area contributed by atoms with Crippen molar-refractivity contribution in [2.45, 2.75) is 13.0 Å². The van der Waals surface area contributed by atoms with Crippen LogP contribution in [0.1, 0.15) is 16.6 Å². The van der Waals surface area contributed by atoms with Gasteiger partial charge in [-0.3, -0.25) is 4.79 Å². The summed E-state index contributed by atoms with van der Waals surface area (Å²) >= 11 is 3.18. The van der Waals surface area contributed by atoms with Crippen molar-refractivity contribution in [3.63, 3.8) is 0 Å². The van der Waals surface area contributed by atoms with Gasteiger partial charge in [0, 0.05) is 22.0 Å². The van der Waals surface area contributed by atoms with Crippen LogP contribution in [-0.2, 0) is 0 Å². The first-order valence-electron chi connectivity index (χ1n) is 4.68. The Morgan fingerprint density at radius 3 is 3.07 bits per heavy atom. The lowest BCUT2D eigenvalue weighted by molar-refractivity contribution is 0.0945. The molecule has 1 atom stereocenters. The second kappa shape index (κ2) is 4.30. The van der Waals surface area contributed by atoms with Crippen LogP contribution in [0.25, 0.3) is 9.40 Å². The maximum atomic E-state index is 11.7. The number of nitrogens with two attached hydrogens (primary N) is 1. The molecule has 0 fully saturated rings. The molecule has 1 amide bonds. The first-order valence-corrected chi connectivity index (χ1v) is 6.38. The van der Waals surface area contributed by atoms with Crippen molar-refractivity contribution in [2.24, 2.45) is 5.73 Å². The molecule has 0 aliphatic rings. The zero-order valence-corrected chi connectivity index (χ0v) is 9.95. The quantitative estimate of drug-likeness (QED) is 0.862. The first kappa shape index (κ1) is 10.6. The third-order valence-electron chi connectivity index (χ3n) is 2.09. The highest BCUT2D eigenvalue weighted by Crippen LogP contribution is 2.29. The Morgan fingerprint density at radius 1 is 1.60 bits per heavy atom. The summed E-state index contributed by atoms with van der Waals surface area (Å²) in [5.41, 5.74) is 5.44. The summed E-state index contributed by atoms with van der Waals surface area (Å²) in [5, 5.41) is 4.88. The van der Waals surface area contributed by atoms with Gasteiger partial charge >= 0.3 is 0 Å². The van der Waals surface area contributed by atoms with Gasteiger partial charge in [-0.2, -0.15) is 0 Å². The van der Waals surface area contributed by atoms with Gasteiger partial charge < -0.3 is 11.1 Å². The minimum absolute atomic E-state index is 0.0256. The maximum absolute atomic E-state index is 11.7. The number of nitrogens with one attached hydrogen (secondary N) is 1. The average molecular weight is 240 g/mol. The molecule has 3 nitrogen and oxygen atoms in total. The standard InChI is InChI=1S/C10H12N2OS2/c1-6(5-11)12-10(13)9-4-8-7(15-9)2-3-14-8/h2-4,6H,5,11H2,1H3,(H,12,13)/t6-/m1/s1. The fourth-order valence-corrected chi connectivity index (χ4v) is 3.24. The van der Waals surface area contributed by atoms with Gasteiger partial charge in [0.15, 0.2) is 0 Å². The van der Waals surface area contributed by atoms with Crippen LogP contribution >= 0.6 is 22.7 Å². The van der Waals surface area contributed by atoms with Crippen molar-refractivity contribution in [2.75, 3.05) is 6.54 Å². The van der Waals surface area contributed by atoms with Gasteiger partial charge in [-0.15, -0.1) is 22.7 Å². The molecule has 2 heterocycles. The largest absolute Gasteiger partial charge is 0.348 e. The monoisotopic (exact) mass is 240 g/mol. The van der Waals surface area contributed by atoms with Gasteiger partial charge in [0.25, 0.3) is 5.91 Å². The first-order chi connectivity index (χ1) is 7.20. The Bertz CT molecular complexity index is 446. The lowest BCUT2D eigenvalue weighted by Crippen LogP contribution is -2.37. The molecule has 0 aliphatic heterocycles. The topological polar surface area (TPSA) is 55.1 Å². The Morgan fingerprint density at radius 2 is 2.40 bits per heavy atom. The van der Waals surface area contributed by atoms with E-state index in [9.17, 15) is 4.79 Å². The minimum Gasteiger partial charge on any atom is -0.348 e. The average Bonchev–Trinajstić information content (AvgIpc) is 2.76. The van der Waals surface area contributed by atoms with E-state index in [0.29, 0.717) is 6.54 Å².